The molecular formula is C20H23ClO2. The highest BCUT2D eigenvalue weighted by Crippen LogP contribution is 2.35. The zero-order valence-electron chi connectivity index (χ0n) is 14.3. The SMILES string of the molecule is COC(=O)C(C)(c1ccc(C(C)(C)C)cc1)c1cccc(Cl)c1. The van der Waals surface area contributed by atoms with E-state index in [0.29, 0.717) is 5.02 Å². The Labute approximate surface area is 143 Å². The van der Waals surface area contributed by atoms with Crippen molar-refractivity contribution < 1.29 is 9.53 Å². The van der Waals surface area contributed by atoms with Crippen molar-refractivity contribution in [2.45, 2.75) is 38.5 Å². The van der Waals surface area contributed by atoms with E-state index in [-0.39, 0.29) is 11.4 Å². The number of hydrogen-bond donors (Lipinski definition) is 0. The van der Waals surface area contributed by atoms with Gasteiger partial charge in [0.1, 0.15) is 5.41 Å². The predicted molar refractivity (Wildman–Crippen MR) is 95.1 cm³/mol. The molecule has 0 aromatic heterocycles. The van der Waals surface area contributed by atoms with Gasteiger partial charge in [-0.1, -0.05) is 68.8 Å². The van der Waals surface area contributed by atoms with Crippen LogP contribution in [0.1, 0.15) is 44.4 Å². The highest BCUT2D eigenvalue weighted by molar-refractivity contribution is 6.30. The minimum atomic E-state index is -0.893. The fourth-order valence-electron chi connectivity index (χ4n) is 2.71. The smallest absolute Gasteiger partial charge is 0.320 e. The second kappa shape index (κ2) is 6.37. The van der Waals surface area contributed by atoms with Crippen LogP contribution in [0.4, 0.5) is 0 Å². The van der Waals surface area contributed by atoms with Crippen LogP contribution >= 0.6 is 11.6 Å². The highest BCUT2D eigenvalue weighted by Gasteiger charge is 2.38. The third-order valence-corrected chi connectivity index (χ3v) is 4.56. The monoisotopic (exact) mass is 330 g/mol. The first-order valence-corrected chi connectivity index (χ1v) is 8.03. The van der Waals surface area contributed by atoms with E-state index in [1.54, 1.807) is 6.07 Å². The van der Waals surface area contributed by atoms with Gasteiger partial charge in [-0.15, -0.1) is 0 Å². The quantitative estimate of drug-likeness (QED) is 0.730. The molecule has 0 fully saturated rings. The first kappa shape index (κ1) is 17.6. The molecule has 0 heterocycles. The molecule has 2 nitrogen and oxygen atoms in total. The van der Waals surface area contributed by atoms with E-state index >= 15 is 0 Å². The minimum absolute atomic E-state index is 0.0657. The zero-order chi connectivity index (χ0) is 17.3. The van der Waals surface area contributed by atoms with E-state index in [1.165, 1.54) is 12.7 Å². The van der Waals surface area contributed by atoms with Crippen LogP contribution in [0.3, 0.4) is 0 Å². The molecule has 0 N–H and O–H groups in total. The zero-order valence-corrected chi connectivity index (χ0v) is 15.1. The lowest BCUT2D eigenvalue weighted by atomic mass is 9.75. The van der Waals surface area contributed by atoms with Crippen LogP contribution in [0.5, 0.6) is 0 Å². The van der Waals surface area contributed by atoms with Gasteiger partial charge in [-0.05, 0) is 41.2 Å². The van der Waals surface area contributed by atoms with Crippen molar-refractivity contribution in [1.29, 1.82) is 0 Å². The van der Waals surface area contributed by atoms with Crippen molar-refractivity contribution in [3.05, 3.63) is 70.2 Å². The third kappa shape index (κ3) is 3.42. The molecule has 0 aliphatic rings. The van der Waals surface area contributed by atoms with Crippen molar-refractivity contribution in [3.63, 3.8) is 0 Å². The van der Waals surface area contributed by atoms with Gasteiger partial charge < -0.3 is 4.74 Å². The molecule has 0 amide bonds. The summed E-state index contributed by atoms with van der Waals surface area (Å²) >= 11 is 6.12. The lowest BCUT2D eigenvalue weighted by molar-refractivity contribution is -0.145. The van der Waals surface area contributed by atoms with Crippen molar-refractivity contribution in [3.8, 4) is 0 Å². The summed E-state index contributed by atoms with van der Waals surface area (Å²) in [6.07, 6.45) is 0. The molecule has 122 valence electrons. The topological polar surface area (TPSA) is 26.3 Å². The number of rotatable bonds is 3. The Morgan fingerprint density at radius 2 is 1.48 bits per heavy atom. The lowest BCUT2D eigenvalue weighted by Crippen LogP contribution is -2.35. The summed E-state index contributed by atoms with van der Waals surface area (Å²) in [5, 5.41) is 0.601. The molecule has 23 heavy (non-hydrogen) atoms. The Hall–Kier alpha value is -1.80. The molecule has 2 aromatic rings. The van der Waals surface area contributed by atoms with Gasteiger partial charge in [0.2, 0.25) is 0 Å². The van der Waals surface area contributed by atoms with Crippen LogP contribution in [0.2, 0.25) is 5.02 Å². The first-order valence-electron chi connectivity index (χ1n) is 7.65. The van der Waals surface area contributed by atoms with Gasteiger partial charge >= 0.3 is 5.97 Å². The Bertz CT molecular complexity index is 698. The Kier molecular flexibility index (Phi) is 4.86. The molecule has 2 aromatic carbocycles. The maximum absolute atomic E-state index is 12.6. The normalized spacial score (nSPS) is 14.2. The molecule has 1 unspecified atom stereocenters. The average Bonchev–Trinajstić information content (AvgIpc) is 2.52. The molecule has 0 radical (unpaired) electrons. The van der Waals surface area contributed by atoms with Crippen LogP contribution in [-0.4, -0.2) is 13.1 Å². The second-order valence-electron chi connectivity index (χ2n) is 6.95. The number of ether oxygens (including phenoxy) is 1. The summed E-state index contributed by atoms with van der Waals surface area (Å²) in [4.78, 5) is 12.6. The van der Waals surface area contributed by atoms with Crippen molar-refractivity contribution in [1.82, 2.24) is 0 Å². The van der Waals surface area contributed by atoms with Crippen LogP contribution in [0.25, 0.3) is 0 Å². The molecule has 3 heteroatoms. The first-order chi connectivity index (χ1) is 10.7. The van der Waals surface area contributed by atoms with Crippen molar-refractivity contribution in [2.75, 3.05) is 7.11 Å². The molecule has 0 bridgehead atoms. The molecule has 0 aliphatic carbocycles. The molecule has 0 saturated heterocycles. The Morgan fingerprint density at radius 3 is 1.96 bits per heavy atom. The van der Waals surface area contributed by atoms with E-state index in [0.717, 1.165) is 11.1 Å². The maximum atomic E-state index is 12.6. The average molecular weight is 331 g/mol. The van der Waals surface area contributed by atoms with Crippen LogP contribution in [0.15, 0.2) is 48.5 Å². The number of methoxy groups -OCH3 is 1. The predicted octanol–water partition coefficient (Wildman–Crippen LogP) is 5.12. The number of halogens is 1. The largest absolute Gasteiger partial charge is 0.468 e. The summed E-state index contributed by atoms with van der Waals surface area (Å²) in [6.45, 7) is 8.37. The van der Waals surface area contributed by atoms with E-state index in [1.807, 2.05) is 37.3 Å². The third-order valence-electron chi connectivity index (χ3n) is 4.32. The fourth-order valence-corrected chi connectivity index (χ4v) is 2.90. The van der Waals surface area contributed by atoms with E-state index in [2.05, 4.69) is 32.9 Å². The van der Waals surface area contributed by atoms with Crippen LogP contribution in [-0.2, 0) is 20.4 Å². The summed E-state index contributed by atoms with van der Waals surface area (Å²) in [6, 6.07) is 15.5. The number of benzene rings is 2. The number of carbonyl (C=O) groups excluding carboxylic acids is 1. The van der Waals surface area contributed by atoms with E-state index in [9.17, 15) is 4.79 Å². The van der Waals surface area contributed by atoms with Crippen LogP contribution in [0, 0.1) is 0 Å². The van der Waals surface area contributed by atoms with Crippen molar-refractivity contribution in [2.24, 2.45) is 0 Å². The summed E-state index contributed by atoms with van der Waals surface area (Å²) < 4.78 is 5.08. The Balaban J connectivity index is 2.57. The van der Waals surface area contributed by atoms with Gasteiger partial charge in [-0.3, -0.25) is 4.79 Å². The number of esters is 1. The highest BCUT2D eigenvalue weighted by atomic mass is 35.5. The standard InChI is InChI=1S/C20H23ClO2/c1-19(2,3)14-9-11-15(12-10-14)20(4,18(22)23-5)16-7-6-8-17(21)13-16/h6-13H,1-5H3. The number of hydrogen-bond acceptors (Lipinski definition) is 2. The van der Waals surface area contributed by atoms with Gasteiger partial charge in [0.25, 0.3) is 0 Å². The molecule has 0 saturated carbocycles. The molecule has 1 atom stereocenters. The van der Waals surface area contributed by atoms with E-state index < -0.39 is 5.41 Å². The lowest BCUT2D eigenvalue weighted by Gasteiger charge is -2.29. The molecular weight excluding hydrogens is 308 g/mol. The summed E-state index contributed by atoms with van der Waals surface area (Å²) in [7, 11) is 1.41. The van der Waals surface area contributed by atoms with Gasteiger partial charge in [-0.2, -0.15) is 0 Å². The molecule has 0 aliphatic heterocycles. The van der Waals surface area contributed by atoms with Crippen molar-refractivity contribution >= 4 is 17.6 Å². The van der Waals surface area contributed by atoms with Gasteiger partial charge in [-0.25, -0.2) is 0 Å². The maximum Gasteiger partial charge on any atom is 0.320 e. The molecule has 2 rings (SSSR count). The Morgan fingerprint density at radius 1 is 0.913 bits per heavy atom. The second-order valence-corrected chi connectivity index (χ2v) is 7.39. The van der Waals surface area contributed by atoms with E-state index in [4.69, 9.17) is 16.3 Å². The minimum Gasteiger partial charge on any atom is -0.468 e. The molecule has 0 spiro atoms. The van der Waals surface area contributed by atoms with Gasteiger partial charge in [0, 0.05) is 5.02 Å². The fraction of sp³-hybridized carbons (Fsp3) is 0.350. The van der Waals surface area contributed by atoms with Gasteiger partial charge in [0.05, 0.1) is 7.11 Å². The number of carbonyl (C=O) groups is 1. The summed E-state index contributed by atoms with van der Waals surface area (Å²) in [5.74, 6) is -0.303. The van der Waals surface area contributed by atoms with Crippen LogP contribution < -0.4 is 0 Å². The summed E-state index contributed by atoms with van der Waals surface area (Å²) in [5.41, 5.74) is 2.10. The van der Waals surface area contributed by atoms with Gasteiger partial charge in [0.15, 0.2) is 0 Å².